The Hall–Kier alpha value is -0.0900. The summed E-state index contributed by atoms with van der Waals surface area (Å²) >= 11 is 0. The fourth-order valence-corrected chi connectivity index (χ4v) is 3.49. The molecule has 4 heteroatoms. The van der Waals surface area contributed by atoms with Crippen LogP contribution in [0.1, 0.15) is 39.0 Å². The lowest BCUT2D eigenvalue weighted by Gasteiger charge is -2.23. The van der Waals surface area contributed by atoms with Gasteiger partial charge < -0.3 is 5.32 Å². The van der Waals surface area contributed by atoms with Crippen LogP contribution in [0.5, 0.6) is 0 Å². The van der Waals surface area contributed by atoms with Crippen LogP contribution in [0.4, 0.5) is 0 Å². The molecular weight excluding hydrogens is 186 g/mol. The third-order valence-corrected chi connectivity index (χ3v) is 4.61. The van der Waals surface area contributed by atoms with Crippen LogP contribution in [0, 0.1) is 0 Å². The number of nitrogens with one attached hydrogen (secondary N) is 1. The first-order valence-electron chi connectivity index (χ1n) is 5.12. The van der Waals surface area contributed by atoms with Crippen LogP contribution in [0.25, 0.3) is 0 Å². The second-order valence-corrected chi connectivity index (χ2v) is 5.96. The molecule has 0 radical (unpaired) electrons. The molecule has 3 nitrogen and oxygen atoms in total. The molecule has 1 saturated heterocycles. The summed E-state index contributed by atoms with van der Waals surface area (Å²) in [6.45, 7) is 2.87. The number of rotatable bonds is 4. The molecule has 0 aliphatic carbocycles. The Morgan fingerprint density at radius 1 is 1.38 bits per heavy atom. The van der Waals surface area contributed by atoms with Crippen LogP contribution in [0.3, 0.4) is 0 Å². The molecule has 0 amide bonds. The summed E-state index contributed by atoms with van der Waals surface area (Å²) in [6.07, 6.45) is 4.70. The average Bonchev–Trinajstić information content (AvgIpc) is 2.16. The molecule has 1 fully saturated rings. The molecule has 0 aromatic heterocycles. The van der Waals surface area contributed by atoms with Crippen LogP contribution >= 0.6 is 0 Å². The summed E-state index contributed by atoms with van der Waals surface area (Å²) in [5.74, 6) is 0.348. The topological polar surface area (TPSA) is 46.2 Å². The predicted molar refractivity (Wildman–Crippen MR) is 54.3 cm³/mol. The highest BCUT2D eigenvalue weighted by molar-refractivity contribution is 7.91. The molecule has 0 saturated carbocycles. The highest BCUT2D eigenvalue weighted by Gasteiger charge is 2.25. The van der Waals surface area contributed by atoms with Crippen molar-refractivity contribution in [1.29, 1.82) is 0 Å². The van der Waals surface area contributed by atoms with Crippen molar-refractivity contribution in [2.24, 2.45) is 0 Å². The highest BCUT2D eigenvalue weighted by Crippen LogP contribution is 2.14. The van der Waals surface area contributed by atoms with E-state index < -0.39 is 9.84 Å². The van der Waals surface area contributed by atoms with E-state index in [1.807, 2.05) is 6.92 Å². The van der Waals surface area contributed by atoms with Crippen molar-refractivity contribution in [2.45, 2.75) is 44.4 Å². The Bertz CT molecular complexity index is 230. The van der Waals surface area contributed by atoms with E-state index in [4.69, 9.17) is 0 Å². The molecule has 0 bridgehead atoms. The largest absolute Gasteiger partial charge is 0.301 e. The maximum absolute atomic E-state index is 11.7. The molecular formula is C9H19NO2S. The average molecular weight is 205 g/mol. The highest BCUT2D eigenvalue weighted by atomic mass is 32.2. The predicted octanol–water partition coefficient (Wildman–Crippen LogP) is 1.30. The smallest absolute Gasteiger partial charge is 0.166 e. The number of sulfone groups is 1. The van der Waals surface area contributed by atoms with Crippen molar-refractivity contribution in [1.82, 2.24) is 5.32 Å². The normalized spacial score (nSPS) is 24.5. The molecule has 0 aromatic rings. The van der Waals surface area contributed by atoms with E-state index in [2.05, 4.69) is 5.32 Å². The van der Waals surface area contributed by atoms with Gasteiger partial charge in [-0.2, -0.15) is 0 Å². The summed E-state index contributed by atoms with van der Waals surface area (Å²) in [6, 6.07) is 0. The zero-order valence-corrected chi connectivity index (χ0v) is 9.07. The van der Waals surface area contributed by atoms with Crippen molar-refractivity contribution in [2.75, 3.05) is 12.3 Å². The Morgan fingerprint density at radius 2 is 2.15 bits per heavy atom. The summed E-state index contributed by atoms with van der Waals surface area (Å²) in [5, 5.41) is 2.82. The van der Waals surface area contributed by atoms with Gasteiger partial charge in [0.25, 0.3) is 0 Å². The Kier molecular flexibility index (Phi) is 4.19. The van der Waals surface area contributed by atoms with Crippen LogP contribution < -0.4 is 5.32 Å². The van der Waals surface area contributed by atoms with Crippen LogP contribution in [-0.2, 0) is 9.84 Å². The molecule has 0 aromatic carbocycles. The van der Waals surface area contributed by atoms with E-state index in [0.29, 0.717) is 5.75 Å². The molecule has 1 heterocycles. The lowest BCUT2D eigenvalue weighted by atomic mass is 10.2. The summed E-state index contributed by atoms with van der Waals surface area (Å²) in [7, 11) is -2.86. The first kappa shape index (κ1) is 11.0. The monoisotopic (exact) mass is 205 g/mol. The SMILES string of the molecule is CCCCS(=O)(=O)C1CCCCN1. The van der Waals surface area contributed by atoms with Gasteiger partial charge in [-0.25, -0.2) is 8.42 Å². The molecule has 1 N–H and O–H groups in total. The molecule has 1 atom stereocenters. The van der Waals surface area contributed by atoms with E-state index in [-0.39, 0.29) is 5.37 Å². The van der Waals surface area contributed by atoms with Gasteiger partial charge in [0, 0.05) is 0 Å². The minimum absolute atomic E-state index is 0.257. The number of hydrogen-bond donors (Lipinski definition) is 1. The Morgan fingerprint density at radius 3 is 2.69 bits per heavy atom. The van der Waals surface area contributed by atoms with Crippen LogP contribution in [0.2, 0.25) is 0 Å². The molecule has 13 heavy (non-hydrogen) atoms. The van der Waals surface area contributed by atoms with E-state index in [1.165, 1.54) is 0 Å². The van der Waals surface area contributed by atoms with Gasteiger partial charge in [0.1, 0.15) is 5.37 Å². The summed E-state index contributed by atoms with van der Waals surface area (Å²) < 4.78 is 23.4. The molecule has 1 unspecified atom stereocenters. The van der Waals surface area contributed by atoms with Crippen molar-refractivity contribution in [3.05, 3.63) is 0 Å². The lowest BCUT2D eigenvalue weighted by Crippen LogP contribution is -2.41. The van der Waals surface area contributed by atoms with E-state index in [1.54, 1.807) is 0 Å². The standard InChI is InChI=1S/C9H19NO2S/c1-2-3-8-13(11,12)9-6-4-5-7-10-9/h9-10H,2-8H2,1H3. The molecule has 1 aliphatic heterocycles. The minimum Gasteiger partial charge on any atom is -0.301 e. The van der Waals surface area contributed by atoms with Gasteiger partial charge in [-0.3, -0.25) is 0 Å². The molecule has 1 rings (SSSR count). The molecule has 78 valence electrons. The Balaban J connectivity index is 2.47. The van der Waals surface area contributed by atoms with Gasteiger partial charge in [0.15, 0.2) is 9.84 Å². The van der Waals surface area contributed by atoms with Gasteiger partial charge in [-0.05, 0) is 32.2 Å². The summed E-state index contributed by atoms with van der Waals surface area (Å²) in [4.78, 5) is 0. The lowest BCUT2D eigenvalue weighted by molar-refractivity contribution is 0.460. The third-order valence-electron chi connectivity index (χ3n) is 2.48. The maximum atomic E-state index is 11.7. The zero-order valence-electron chi connectivity index (χ0n) is 8.25. The third kappa shape index (κ3) is 3.27. The van der Waals surface area contributed by atoms with Crippen molar-refractivity contribution in [3.63, 3.8) is 0 Å². The van der Waals surface area contributed by atoms with E-state index in [0.717, 1.165) is 38.6 Å². The van der Waals surface area contributed by atoms with Crippen LogP contribution in [0.15, 0.2) is 0 Å². The van der Waals surface area contributed by atoms with Crippen LogP contribution in [-0.4, -0.2) is 26.1 Å². The first-order valence-corrected chi connectivity index (χ1v) is 6.83. The van der Waals surface area contributed by atoms with Gasteiger partial charge >= 0.3 is 0 Å². The van der Waals surface area contributed by atoms with Gasteiger partial charge in [0.2, 0.25) is 0 Å². The number of unbranched alkanes of at least 4 members (excludes halogenated alkanes) is 1. The fraction of sp³-hybridized carbons (Fsp3) is 1.00. The van der Waals surface area contributed by atoms with Gasteiger partial charge in [-0.15, -0.1) is 0 Å². The quantitative estimate of drug-likeness (QED) is 0.752. The van der Waals surface area contributed by atoms with Gasteiger partial charge in [-0.1, -0.05) is 13.3 Å². The number of hydrogen-bond acceptors (Lipinski definition) is 3. The Labute approximate surface area is 80.8 Å². The minimum atomic E-state index is -2.86. The zero-order chi connectivity index (χ0) is 9.73. The van der Waals surface area contributed by atoms with Crippen molar-refractivity contribution in [3.8, 4) is 0 Å². The fourth-order valence-electron chi connectivity index (χ4n) is 1.61. The van der Waals surface area contributed by atoms with E-state index >= 15 is 0 Å². The first-order chi connectivity index (χ1) is 6.17. The second-order valence-electron chi connectivity index (χ2n) is 3.66. The van der Waals surface area contributed by atoms with Crippen molar-refractivity contribution < 1.29 is 8.42 Å². The summed E-state index contributed by atoms with van der Waals surface area (Å²) in [5.41, 5.74) is 0. The molecule has 1 aliphatic rings. The van der Waals surface area contributed by atoms with Gasteiger partial charge in [0.05, 0.1) is 5.75 Å². The molecule has 0 spiro atoms. The maximum Gasteiger partial charge on any atom is 0.166 e. The number of piperidine rings is 1. The second kappa shape index (κ2) is 4.96. The van der Waals surface area contributed by atoms with Crippen molar-refractivity contribution >= 4 is 9.84 Å². The van der Waals surface area contributed by atoms with E-state index in [9.17, 15) is 8.42 Å².